The van der Waals surface area contributed by atoms with Gasteiger partial charge in [-0.3, -0.25) is 0 Å². The summed E-state index contributed by atoms with van der Waals surface area (Å²) in [5, 5.41) is 1.59. The first-order valence-electron chi connectivity index (χ1n) is 2.71. The van der Waals surface area contributed by atoms with Crippen LogP contribution in [-0.4, -0.2) is 22.6 Å². The Balaban J connectivity index is 2.19. The van der Waals surface area contributed by atoms with Crippen molar-refractivity contribution in [3.8, 4) is 0 Å². The Morgan fingerprint density at radius 3 is 3.00 bits per heavy atom. The zero-order valence-corrected chi connectivity index (χ0v) is 6.54. The van der Waals surface area contributed by atoms with Crippen molar-refractivity contribution in [2.45, 2.75) is 6.42 Å². The predicted molar refractivity (Wildman–Crippen MR) is 42.0 cm³/mol. The second-order valence-electron chi connectivity index (χ2n) is 1.72. The van der Waals surface area contributed by atoms with E-state index in [1.165, 1.54) is 0 Å². The lowest BCUT2D eigenvalue weighted by molar-refractivity contribution is -0.0857. The van der Waals surface area contributed by atoms with Crippen molar-refractivity contribution < 1.29 is 4.84 Å². The Morgan fingerprint density at radius 1 is 1.78 bits per heavy atom. The van der Waals surface area contributed by atoms with Gasteiger partial charge in [-0.15, -0.1) is 0 Å². The molecule has 0 amide bonds. The largest absolute Gasteiger partial charge is 0.372 e. The molecule has 0 saturated carbocycles. The second kappa shape index (κ2) is 3.36. The van der Waals surface area contributed by atoms with Gasteiger partial charge in [-0.05, 0) is 18.6 Å². The fraction of sp³-hybridized carbons (Fsp3) is 0.750. The summed E-state index contributed by atoms with van der Waals surface area (Å²) in [6, 6.07) is 0. The van der Waals surface area contributed by atoms with Gasteiger partial charge in [0, 0.05) is 6.54 Å². The molecule has 1 rings (SSSR count). The van der Waals surface area contributed by atoms with E-state index in [0.29, 0.717) is 0 Å². The van der Waals surface area contributed by atoms with Crippen LogP contribution in [0.25, 0.3) is 0 Å². The molecule has 0 atom stereocenters. The van der Waals surface area contributed by atoms with E-state index in [4.69, 9.17) is 4.84 Å². The molecule has 52 valence electrons. The van der Waals surface area contributed by atoms with Crippen LogP contribution in [0.2, 0.25) is 0 Å². The summed E-state index contributed by atoms with van der Waals surface area (Å²) in [5.74, 6) is 0. The van der Waals surface area contributed by atoms with Crippen LogP contribution in [0, 0.1) is 0 Å². The Labute approximate surface area is 64.7 Å². The maximum atomic E-state index is 4.93. The van der Waals surface area contributed by atoms with Gasteiger partial charge in [0.05, 0.1) is 6.54 Å². The molecule has 1 saturated heterocycles. The molecule has 0 aromatic rings. The van der Waals surface area contributed by atoms with Crippen molar-refractivity contribution in [3.63, 3.8) is 0 Å². The van der Waals surface area contributed by atoms with Gasteiger partial charge >= 0.3 is 0 Å². The predicted octanol–water partition coefficient (Wildman–Crippen LogP) is 0.343. The molecule has 1 aliphatic rings. The number of hydrazine groups is 1. The van der Waals surface area contributed by atoms with Crippen molar-refractivity contribution in [1.82, 2.24) is 10.6 Å². The van der Waals surface area contributed by atoms with E-state index in [-0.39, 0.29) is 4.38 Å². The first kappa shape index (κ1) is 7.27. The Kier molecular flexibility index (Phi) is 2.71. The summed E-state index contributed by atoms with van der Waals surface area (Å²) in [4.78, 5) is 4.93. The fourth-order valence-corrected chi connectivity index (χ4v) is 0.866. The van der Waals surface area contributed by atoms with Gasteiger partial charge in [0.15, 0.2) is 0 Å². The lowest BCUT2D eigenvalue weighted by Gasteiger charge is -2.12. The van der Waals surface area contributed by atoms with Crippen LogP contribution in [0.1, 0.15) is 6.42 Å². The van der Waals surface area contributed by atoms with E-state index in [1.54, 1.807) is 5.17 Å². The number of hydroxylamine groups is 1. The van der Waals surface area contributed by atoms with Gasteiger partial charge in [-0.25, -0.2) is 5.43 Å². The highest BCUT2D eigenvalue weighted by Crippen LogP contribution is 1.99. The molecular formula is C4H8N2OS2. The molecule has 0 aromatic carbocycles. The van der Waals surface area contributed by atoms with E-state index in [0.717, 1.165) is 19.5 Å². The number of hydrogen-bond donors (Lipinski definition) is 2. The topological polar surface area (TPSA) is 24.5 Å². The van der Waals surface area contributed by atoms with Gasteiger partial charge in [0.1, 0.15) is 0 Å². The average Bonchev–Trinajstić information content (AvgIpc) is 2.15. The molecular weight excluding hydrogens is 156 g/mol. The molecule has 5 heteroatoms. The standard InChI is InChI=1S/C4H8N2OS2/c8-4(9)7-6-3-1-2-5-6/h5H,1-3H2,(H,8,9). The summed E-state index contributed by atoms with van der Waals surface area (Å²) in [6.45, 7) is 1.83. The number of thiol groups is 1. The second-order valence-corrected chi connectivity index (χ2v) is 2.80. The van der Waals surface area contributed by atoms with E-state index in [9.17, 15) is 0 Å². The minimum Gasteiger partial charge on any atom is -0.372 e. The highest BCUT2D eigenvalue weighted by atomic mass is 32.1. The molecule has 0 bridgehead atoms. The minimum absolute atomic E-state index is 0.254. The Hall–Kier alpha value is 0.160. The van der Waals surface area contributed by atoms with Gasteiger partial charge < -0.3 is 4.84 Å². The first-order valence-corrected chi connectivity index (χ1v) is 3.56. The van der Waals surface area contributed by atoms with Gasteiger partial charge in [-0.2, -0.15) is 0 Å². The lowest BCUT2D eigenvalue weighted by atomic mass is 10.5. The third-order valence-electron chi connectivity index (χ3n) is 1.01. The molecule has 0 radical (unpaired) electrons. The van der Waals surface area contributed by atoms with Gasteiger partial charge in [0.25, 0.3) is 0 Å². The quantitative estimate of drug-likeness (QED) is 0.431. The summed E-state index contributed by atoms with van der Waals surface area (Å²) >= 11 is 8.39. The molecule has 1 heterocycles. The van der Waals surface area contributed by atoms with Crippen molar-refractivity contribution >= 4 is 29.2 Å². The molecule has 1 fully saturated rings. The molecule has 0 aliphatic carbocycles. The number of nitrogens with zero attached hydrogens (tertiary/aromatic N) is 1. The number of hydrogen-bond acceptors (Lipinski definition) is 4. The monoisotopic (exact) mass is 164 g/mol. The normalized spacial score (nSPS) is 20.1. The number of nitrogens with one attached hydrogen (secondary N) is 1. The zero-order chi connectivity index (χ0) is 6.69. The molecule has 0 aromatic heterocycles. The van der Waals surface area contributed by atoms with Crippen LogP contribution >= 0.6 is 24.8 Å². The molecule has 1 N–H and O–H groups in total. The maximum Gasteiger partial charge on any atom is 0.243 e. The van der Waals surface area contributed by atoms with Gasteiger partial charge in [-0.1, -0.05) is 17.8 Å². The van der Waals surface area contributed by atoms with Crippen LogP contribution in [0.5, 0.6) is 0 Å². The van der Waals surface area contributed by atoms with E-state index in [2.05, 4.69) is 30.3 Å². The SMILES string of the molecule is S=C(S)ON1CCCN1. The van der Waals surface area contributed by atoms with Crippen molar-refractivity contribution in [2.75, 3.05) is 13.1 Å². The lowest BCUT2D eigenvalue weighted by Crippen LogP contribution is -2.31. The van der Waals surface area contributed by atoms with Gasteiger partial charge in [0.2, 0.25) is 4.38 Å². The van der Waals surface area contributed by atoms with Crippen molar-refractivity contribution in [2.24, 2.45) is 0 Å². The first-order chi connectivity index (χ1) is 4.29. The summed E-state index contributed by atoms with van der Waals surface area (Å²) in [5.41, 5.74) is 2.96. The Bertz CT molecular complexity index is 113. The number of rotatable bonds is 1. The highest BCUT2D eigenvalue weighted by Gasteiger charge is 2.11. The van der Waals surface area contributed by atoms with Crippen LogP contribution < -0.4 is 5.43 Å². The van der Waals surface area contributed by atoms with E-state index < -0.39 is 0 Å². The molecule has 3 nitrogen and oxygen atoms in total. The summed E-state index contributed by atoms with van der Waals surface area (Å²) < 4.78 is 0.254. The third kappa shape index (κ3) is 2.49. The molecule has 0 spiro atoms. The zero-order valence-electron chi connectivity index (χ0n) is 4.83. The Morgan fingerprint density at radius 2 is 2.56 bits per heavy atom. The van der Waals surface area contributed by atoms with Crippen LogP contribution in [0.4, 0.5) is 0 Å². The third-order valence-corrected chi connectivity index (χ3v) is 1.17. The number of thiocarbonyl (C=S) groups is 1. The average molecular weight is 164 g/mol. The van der Waals surface area contributed by atoms with Crippen molar-refractivity contribution in [3.05, 3.63) is 0 Å². The van der Waals surface area contributed by atoms with Crippen molar-refractivity contribution in [1.29, 1.82) is 0 Å². The molecule has 1 aliphatic heterocycles. The molecule has 9 heavy (non-hydrogen) atoms. The highest BCUT2D eigenvalue weighted by molar-refractivity contribution is 8.10. The minimum atomic E-state index is 0.254. The maximum absolute atomic E-state index is 4.93. The van der Waals surface area contributed by atoms with Crippen LogP contribution in [0.3, 0.4) is 0 Å². The smallest absolute Gasteiger partial charge is 0.243 e. The summed E-state index contributed by atoms with van der Waals surface area (Å²) in [7, 11) is 0. The van der Waals surface area contributed by atoms with E-state index in [1.807, 2.05) is 0 Å². The van der Waals surface area contributed by atoms with Crippen LogP contribution in [0.15, 0.2) is 0 Å². The fourth-order valence-electron chi connectivity index (χ4n) is 0.678. The molecule has 0 unspecified atom stereocenters. The summed E-state index contributed by atoms with van der Waals surface area (Å²) in [6.07, 6.45) is 1.09. The van der Waals surface area contributed by atoms with Crippen LogP contribution in [-0.2, 0) is 4.84 Å². The van der Waals surface area contributed by atoms with E-state index >= 15 is 0 Å².